The van der Waals surface area contributed by atoms with Crippen molar-refractivity contribution in [3.8, 4) is 0 Å². The van der Waals surface area contributed by atoms with E-state index in [2.05, 4.69) is 4.74 Å². The van der Waals surface area contributed by atoms with E-state index in [4.69, 9.17) is 0 Å². The molecule has 1 aromatic carbocycles. The van der Waals surface area contributed by atoms with E-state index in [-0.39, 0.29) is 29.7 Å². The first kappa shape index (κ1) is 12.8. The number of nitro groups is 1. The molecule has 0 bridgehead atoms. The third-order valence-corrected chi connectivity index (χ3v) is 2.27. The van der Waals surface area contributed by atoms with Crippen molar-refractivity contribution >= 4 is 17.9 Å². The van der Waals surface area contributed by atoms with Gasteiger partial charge in [-0.3, -0.25) is 10.1 Å². The molecule has 17 heavy (non-hydrogen) atoms. The Morgan fingerprint density at radius 1 is 1.53 bits per heavy atom. The Morgan fingerprint density at radius 3 is 2.76 bits per heavy atom. The van der Waals surface area contributed by atoms with Gasteiger partial charge in [-0.1, -0.05) is 6.07 Å². The molecule has 0 aromatic heterocycles. The van der Waals surface area contributed by atoms with Gasteiger partial charge in [-0.25, -0.2) is 4.79 Å². The van der Waals surface area contributed by atoms with Crippen LogP contribution in [0.1, 0.15) is 22.3 Å². The van der Waals surface area contributed by atoms with Crippen LogP contribution in [0.2, 0.25) is 0 Å². The summed E-state index contributed by atoms with van der Waals surface area (Å²) in [5, 5.41) is 10.8. The lowest BCUT2D eigenvalue weighted by atomic mass is 10.0. The van der Waals surface area contributed by atoms with Gasteiger partial charge >= 0.3 is 5.97 Å². The number of rotatable bonds is 5. The minimum absolute atomic E-state index is 0.120. The van der Waals surface area contributed by atoms with Crippen molar-refractivity contribution in [2.24, 2.45) is 0 Å². The van der Waals surface area contributed by atoms with Crippen LogP contribution in [0.15, 0.2) is 18.2 Å². The molecule has 0 aliphatic rings. The van der Waals surface area contributed by atoms with E-state index in [9.17, 15) is 19.7 Å². The van der Waals surface area contributed by atoms with Gasteiger partial charge in [0.05, 0.1) is 17.6 Å². The summed E-state index contributed by atoms with van der Waals surface area (Å²) in [4.78, 5) is 32.0. The molecular formula is C11H11NO5. The smallest absolute Gasteiger partial charge is 0.338 e. The van der Waals surface area contributed by atoms with Gasteiger partial charge in [0, 0.05) is 18.1 Å². The maximum atomic E-state index is 11.4. The van der Waals surface area contributed by atoms with Crippen LogP contribution >= 0.6 is 0 Å². The topological polar surface area (TPSA) is 86.5 Å². The molecule has 1 aromatic rings. The monoisotopic (exact) mass is 237 g/mol. The van der Waals surface area contributed by atoms with E-state index in [1.54, 1.807) is 0 Å². The fourth-order valence-corrected chi connectivity index (χ4v) is 1.51. The molecule has 0 heterocycles. The van der Waals surface area contributed by atoms with E-state index >= 15 is 0 Å². The number of carbonyl (C=O) groups is 2. The summed E-state index contributed by atoms with van der Waals surface area (Å²) in [7, 11) is 1.20. The van der Waals surface area contributed by atoms with Crippen LogP contribution in [0.4, 0.5) is 5.69 Å². The third kappa shape index (κ3) is 2.87. The Bertz CT molecular complexity index is 455. The molecule has 0 amide bonds. The number of carbonyl (C=O) groups excluding carboxylic acids is 2. The second kappa shape index (κ2) is 5.74. The predicted octanol–water partition coefficient (Wildman–Crippen LogP) is 1.51. The van der Waals surface area contributed by atoms with Gasteiger partial charge in [-0.15, -0.1) is 0 Å². The molecule has 90 valence electrons. The molecule has 1 rings (SSSR count). The first-order chi connectivity index (χ1) is 8.11. The maximum Gasteiger partial charge on any atom is 0.338 e. The molecular weight excluding hydrogens is 226 g/mol. The summed E-state index contributed by atoms with van der Waals surface area (Å²) in [6.07, 6.45) is 0.914. The normalized spacial score (nSPS) is 9.71. The van der Waals surface area contributed by atoms with Crippen molar-refractivity contribution in [1.82, 2.24) is 0 Å². The number of methoxy groups -OCH3 is 1. The Labute approximate surface area is 97.3 Å². The standard InChI is InChI=1S/C11H11NO5/c1-17-11(14)9-4-2-6-10(12(15)16)8(9)5-3-7-13/h2,4,6-7H,3,5H2,1H3. The van der Waals surface area contributed by atoms with Crippen LogP contribution in [0.25, 0.3) is 0 Å². The van der Waals surface area contributed by atoms with Crippen molar-refractivity contribution in [2.45, 2.75) is 12.8 Å². The fraction of sp³-hybridized carbons (Fsp3) is 0.273. The predicted molar refractivity (Wildman–Crippen MR) is 58.8 cm³/mol. The SMILES string of the molecule is COC(=O)c1cccc([N+](=O)[O-])c1CCC=O. The van der Waals surface area contributed by atoms with Crippen LogP contribution < -0.4 is 0 Å². The highest BCUT2D eigenvalue weighted by Gasteiger charge is 2.21. The first-order valence-corrected chi connectivity index (χ1v) is 4.90. The quantitative estimate of drug-likeness (QED) is 0.335. The number of nitrogens with zero attached hydrogens (tertiary/aromatic N) is 1. The van der Waals surface area contributed by atoms with Gasteiger partial charge < -0.3 is 9.53 Å². The molecule has 0 saturated carbocycles. The molecule has 0 radical (unpaired) electrons. The maximum absolute atomic E-state index is 11.4. The fourth-order valence-electron chi connectivity index (χ4n) is 1.51. The number of hydrogen-bond donors (Lipinski definition) is 0. The van der Waals surface area contributed by atoms with Gasteiger partial charge in [0.15, 0.2) is 0 Å². The summed E-state index contributed by atoms with van der Waals surface area (Å²) >= 11 is 0. The summed E-state index contributed by atoms with van der Waals surface area (Å²) in [5.41, 5.74) is 0.190. The highest BCUT2D eigenvalue weighted by Crippen LogP contribution is 2.24. The number of nitro benzene ring substituents is 1. The second-order valence-electron chi connectivity index (χ2n) is 3.26. The lowest BCUT2D eigenvalue weighted by Gasteiger charge is -2.06. The largest absolute Gasteiger partial charge is 0.465 e. The molecule has 0 fully saturated rings. The Hall–Kier alpha value is -2.24. The lowest BCUT2D eigenvalue weighted by Crippen LogP contribution is -2.08. The van der Waals surface area contributed by atoms with E-state index in [1.165, 1.54) is 25.3 Å². The minimum atomic E-state index is -0.644. The molecule has 0 aliphatic heterocycles. The Balaban J connectivity index is 3.28. The van der Waals surface area contributed by atoms with Crippen LogP contribution in [-0.2, 0) is 16.0 Å². The van der Waals surface area contributed by atoms with Crippen molar-refractivity contribution in [3.63, 3.8) is 0 Å². The van der Waals surface area contributed by atoms with Crippen LogP contribution in [0.3, 0.4) is 0 Å². The summed E-state index contributed by atoms with van der Waals surface area (Å²) in [6, 6.07) is 4.15. The molecule has 0 aliphatic carbocycles. The summed E-state index contributed by atoms with van der Waals surface area (Å²) < 4.78 is 4.54. The molecule has 6 nitrogen and oxygen atoms in total. The zero-order valence-electron chi connectivity index (χ0n) is 9.21. The number of hydrogen-bond acceptors (Lipinski definition) is 5. The Kier molecular flexibility index (Phi) is 4.33. The van der Waals surface area contributed by atoms with Crippen molar-refractivity contribution in [1.29, 1.82) is 0 Å². The number of esters is 1. The highest BCUT2D eigenvalue weighted by molar-refractivity contribution is 5.92. The van der Waals surface area contributed by atoms with Gasteiger partial charge in [0.1, 0.15) is 6.29 Å². The summed E-state index contributed by atoms with van der Waals surface area (Å²) in [5.74, 6) is -0.644. The van der Waals surface area contributed by atoms with E-state index in [0.29, 0.717) is 6.29 Å². The zero-order chi connectivity index (χ0) is 12.8. The van der Waals surface area contributed by atoms with E-state index in [0.717, 1.165) is 0 Å². The Morgan fingerprint density at radius 2 is 2.24 bits per heavy atom. The van der Waals surface area contributed by atoms with Crippen molar-refractivity contribution in [2.75, 3.05) is 7.11 Å². The van der Waals surface area contributed by atoms with Crippen LogP contribution in [0, 0.1) is 10.1 Å². The average Bonchev–Trinajstić information content (AvgIpc) is 2.34. The number of aldehydes is 1. The minimum Gasteiger partial charge on any atom is -0.465 e. The zero-order valence-corrected chi connectivity index (χ0v) is 9.21. The highest BCUT2D eigenvalue weighted by atomic mass is 16.6. The lowest BCUT2D eigenvalue weighted by molar-refractivity contribution is -0.385. The average molecular weight is 237 g/mol. The second-order valence-corrected chi connectivity index (χ2v) is 3.26. The third-order valence-electron chi connectivity index (χ3n) is 2.27. The molecule has 0 N–H and O–H groups in total. The van der Waals surface area contributed by atoms with Gasteiger partial charge in [0.2, 0.25) is 0 Å². The molecule has 6 heteroatoms. The van der Waals surface area contributed by atoms with Crippen LogP contribution in [-0.4, -0.2) is 24.3 Å². The van der Waals surface area contributed by atoms with E-state index < -0.39 is 10.9 Å². The molecule has 0 atom stereocenters. The van der Waals surface area contributed by atoms with Gasteiger partial charge in [-0.2, -0.15) is 0 Å². The molecule has 0 saturated heterocycles. The number of benzene rings is 1. The van der Waals surface area contributed by atoms with Crippen molar-refractivity contribution < 1.29 is 19.2 Å². The summed E-state index contributed by atoms with van der Waals surface area (Å²) in [6.45, 7) is 0. The van der Waals surface area contributed by atoms with E-state index in [1.807, 2.05) is 0 Å². The first-order valence-electron chi connectivity index (χ1n) is 4.90. The van der Waals surface area contributed by atoms with Gasteiger partial charge in [0.25, 0.3) is 5.69 Å². The molecule has 0 unspecified atom stereocenters. The van der Waals surface area contributed by atoms with Crippen LogP contribution in [0.5, 0.6) is 0 Å². The van der Waals surface area contributed by atoms with Crippen molar-refractivity contribution in [3.05, 3.63) is 39.4 Å². The number of ether oxygens (including phenoxy) is 1. The molecule has 0 spiro atoms. The van der Waals surface area contributed by atoms with Gasteiger partial charge in [-0.05, 0) is 12.5 Å².